The van der Waals surface area contributed by atoms with E-state index in [1.807, 2.05) is 26.0 Å². The lowest BCUT2D eigenvalue weighted by Crippen LogP contribution is -2.16. The Morgan fingerprint density at radius 1 is 1.32 bits per heavy atom. The number of hydrogen-bond acceptors (Lipinski definition) is 4. The molecule has 0 fully saturated rings. The van der Waals surface area contributed by atoms with Crippen molar-refractivity contribution in [2.24, 2.45) is 0 Å². The molecule has 0 radical (unpaired) electrons. The molecule has 106 valence electrons. The molecule has 0 saturated carbocycles. The normalized spacial score (nSPS) is 11.9. The van der Waals surface area contributed by atoms with Crippen LogP contribution in [-0.2, 0) is 9.53 Å². The van der Waals surface area contributed by atoms with Gasteiger partial charge < -0.3 is 14.6 Å². The van der Waals surface area contributed by atoms with Crippen LogP contribution in [0.5, 0.6) is 5.75 Å². The minimum atomic E-state index is -0.577. The van der Waals surface area contributed by atoms with Gasteiger partial charge in [-0.15, -0.1) is 0 Å². The Morgan fingerprint density at radius 3 is 2.74 bits per heavy atom. The Morgan fingerprint density at radius 2 is 2.05 bits per heavy atom. The molecule has 4 nitrogen and oxygen atoms in total. The third-order valence-corrected chi connectivity index (χ3v) is 2.77. The fourth-order valence-corrected chi connectivity index (χ4v) is 1.62. The van der Waals surface area contributed by atoms with Crippen LogP contribution >= 0.6 is 0 Å². The highest BCUT2D eigenvalue weighted by atomic mass is 16.6. The Hall–Kier alpha value is -1.55. The molecule has 0 amide bonds. The largest absolute Gasteiger partial charge is 0.482 e. The van der Waals surface area contributed by atoms with Crippen LogP contribution in [0, 0.1) is 0 Å². The van der Waals surface area contributed by atoms with E-state index in [2.05, 4.69) is 0 Å². The summed E-state index contributed by atoms with van der Waals surface area (Å²) in [6, 6.07) is 7.18. The third kappa shape index (κ3) is 5.30. The number of aliphatic hydroxyl groups is 1. The monoisotopic (exact) mass is 266 g/mol. The highest BCUT2D eigenvalue weighted by Crippen LogP contribution is 2.26. The summed E-state index contributed by atoms with van der Waals surface area (Å²) in [5.74, 6) is 0.151. The van der Waals surface area contributed by atoms with Crippen molar-refractivity contribution in [2.45, 2.75) is 39.2 Å². The van der Waals surface area contributed by atoms with Gasteiger partial charge in [0.05, 0.1) is 12.7 Å². The lowest BCUT2D eigenvalue weighted by atomic mass is 10.1. The van der Waals surface area contributed by atoms with Crippen molar-refractivity contribution in [3.63, 3.8) is 0 Å². The minimum absolute atomic E-state index is 0.128. The second-order valence-electron chi connectivity index (χ2n) is 4.32. The van der Waals surface area contributed by atoms with Gasteiger partial charge in [0, 0.05) is 5.56 Å². The van der Waals surface area contributed by atoms with Gasteiger partial charge in [0.25, 0.3) is 0 Å². The molecule has 0 aromatic heterocycles. The van der Waals surface area contributed by atoms with Crippen molar-refractivity contribution in [1.82, 2.24) is 0 Å². The molecule has 0 bridgehead atoms. The van der Waals surface area contributed by atoms with Gasteiger partial charge in [-0.2, -0.15) is 0 Å². The average Bonchev–Trinajstić information content (AvgIpc) is 2.45. The van der Waals surface area contributed by atoms with E-state index < -0.39 is 6.10 Å². The Balaban J connectivity index is 2.50. The summed E-state index contributed by atoms with van der Waals surface area (Å²) in [4.78, 5) is 11.4. The second kappa shape index (κ2) is 8.53. The van der Waals surface area contributed by atoms with E-state index >= 15 is 0 Å². The van der Waals surface area contributed by atoms with Gasteiger partial charge >= 0.3 is 5.97 Å². The van der Waals surface area contributed by atoms with Gasteiger partial charge in [0.1, 0.15) is 5.75 Å². The highest BCUT2D eigenvalue weighted by molar-refractivity contribution is 5.71. The molecule has 0 heterocycles. The summed E-state index contributed by atoms with van der Waals surface area (Å²) in [7, 11) is 0. The first-order valence-electron chi connectivity index (χ1n) is 6.74. The zero-order valence-electron chi connectivity index (χ0n) is 11.6. The first-order chi connectivity index (χ1) is 9.19. The summed E-state index contributed by atoms with van der Waals surface area (Å²) >= 11 is 0. The van der Waals surface area contributed by atoms with E-state index in [0.29, 0.717) is 24.3 Å². The third-order valence-electron chi connectivity index (χ3n) is 2.77. The number of carbonyl (C=O) groups is 1. The quantitative estimate of drug-likeness (QED) is 0.580. The predicted molar refractivity (Wildman–Crippen MR) is 73.1 cm³/mol. The molecular formula is C15H22O4. The first kappa shape index (κ1) is 15.5. The average molecular weight is 266 g/mol. The van der Waals surface area contributed by atoms with Gasteiger partial charge in [-0.1, -0.05) is 38.5 Å². The van der Waals surface area contributed by atoms with Crippen LogP contribution in [0.3, 0.4) is 0 Å². The van der Waals surface area contributed by atoms with Gasteiger partial charge in [-0.25, -0.2) is 4.79 Å². The van der Waals surface area contributed by atoms with Gasteiger partial charge in [-0.05, 0) is 18.9 Å². The number of rotatable bonds is 8. The maximum absolute atomic E-state index is 11.4. The van der Waals surface area contributed by atoms with Crippen LogP contribution < -0.4 is 4.74 Å². The van der Waals surface area contributed by atoms with Crippen LogP contribution in [0.4, 0.5) is 0 Å². The number of carbonyl (C=O) groups excluding carboxylic acids is 1. The molecule has 0 unspecified atom stereocenters. The Bertz CT molecular complexity index is 389. The maximum Gasteiger partial charge on any atom is 0.344 e. The number of para-hydroxylation sites is 1. The molecule has 0 spiro atoms. The van der Waals surface area contributed by atoms with E-state index in [-0.39, 0.29) is 12.6 Å². The number of esters is 1. The summed E-state index contributed by atoms with van der Waals surface area (Å²) in [5.41, 5.74) is 0.700. The molecule has 0 aliphatic carbocycles. The van der Waals surface area contributed by atoms with Crippen molar-refractivity contribution in [3.8, 4) is 5.75 Å². The molecule has 0 saturated heterocycles. The molecule has 0 aliphatic rings. The summed E-state index contributed by atoms with van der Waals surface area (Å²) in [6.07, 6.45) is 1.87. The molecule has 1 atom stereocenters. The Kier molecular flexibility index (Phi) is 6.97. The maximum atomic E-state index is 11.4. The SMILES string of the molecule is CCCCOC(=O)COc1ccccc1[C@@H](O)CC. The summed E-state index contributed by atoms with van der Waals surface area (Å²) in [5, 5.41) is 9.85. The zero-order chi connectivity index (χ0) is 14.1. The van der Waals surface area contributed by atoms with Crippen LogP contribution in [-0.4, -0.2) is 24.3 Å². The Labute approximate surface area is 114 Å². The fraction of sp³-hybridized carbons (Fsp3) is 0.533. The summed E-state index contributed by atoms with van der Waals surface area (Å²) in [6.45, 7) is 4.22. The van der Waals surface area contributed by atoms with E-state index in [1.165, 1.54) is 0 Å². The lowest BCUT2D eigenvalue weighted by molar-refractivity contribution is -0.146. The minimum Gasteiger partial charge on any atom is -0.482 e. The number of unbranched alkanes of at least 4 members (excludes halogenated alkanes) is 1. The van der Waals surface area contributed by atoms with Crippen LogP contribution in [0.2, 0.25) is 0 Å². The molecule has 1 aromatic carbocycles. The topological polar surface area (TPSA) is 55.8 Å². The van der Waals surface area contributed by atoms with Crippen molar-refractivity contribution in [1.29, 1.82) is 0 Å². The molecule has 1 N–H and O–H groups in total. The van der Waals surface area contributed by atoms with E-state index in [0.717, 1.165) is 12.8 Å². The highest BCUT2D eigenvalue weighted by Gasteiger charge is 2.12. The summed E-state index contributed by atoms with van der Waals surface area (Å²) < 4.78 is 10.4. The molecule has 4 heteroatoms. The number of hydrogen-bond donors (Lipinski definition) is 1. The van der Waals surface area contributed by atoms with E-state index in [4.69, 9.17) is 9.47 Å². The van der Waals surface area contributed by atoms with Crippen molar-refractivity contribution >= 4 is 5.97 Å². The molecule has 19 heavy (non-hydrogen) atoms. The van der Waals surface area contributed by atoms with Gasteiger partial charge in [0.15, 0.2) is 6.61 Å². The number of aliphatic hydroxyl groups excluding tert-OH is 1. The molecule has 1 rings (SSSR count). The lowest BCUT2D eigenvalue weighted by Gasteiger charge is -2.14. The second-order valence-corrected chi connectivity index (χ2v) is 4.32. The van der Waals surface area contributed by atoms with Gasteiger partial charge in [-0.3, -0.25) is 0 Å². The van der Waals surface area contributed by atoms with E-state index in [9.17, 15) is 9.90 Å². The standard InChI is InChI=1S/C15H22O4/c1-3-5-10-18-15(17)11-19-14-9-7-6-8-12(14)13(16)4-2/h6-9,13,16H,3-5,10-11H2,1-2H3/t13-/m0/s1. The van der Waals surface area contributed by atoms with Crippen molar-refractivity contribution in [3.05, 3.63) is 29.8 Å². The number of ether oxygens (including phenoxy) is 2. The van der Waals surface area contributed by atoms with Crippen LogP contribution in [0.1, 0.15) is 44.8 Å². The number of benzene rings is 1. The van der Waals surface area contributed by atoms with Crippen molar-refractivity contribution < 1.29 is 19.4 Å². The predicted octanol–water partition coefficient (Wildman–Crippen LogP) is 2.85. The van der Waals surface area contributed by atoms with Gasteiger partial charge in [0.2, 0.25) is 0 Å². The van der Waals surface area contributed by atoms with Crippen molar-refractivity contribution in [2.75, 3.05) is 13.2 Å². The molecule has 1 aromatic rings. The van der Waals surface area contributed by atoms with E-state index in [1.54, 1.807) is 12.1 Å². The van der Waals surface area contributed by atoms with Crippen LogP contribution in [0.25, 0.3) is 0 Å². The first-order valence-corrected chi connectivity index (χ1v) is 6.74. The molecular weight excluding hydrogens is 244 g/mol. The zero-order valence-corrected chi connectivity index (χ0v) is 11.6. The fourth-order valence-electron chi connectivity index (χ4n) is 1.62. The smallest absolute Gasteiger partial charge is 0.344 e. The van der Waals surface area contributed by atoms with Crippen LogP contribution in [0.15, 0.2) is 24.3 Å². The molecule has 0 aliphatic heterocycles.